The van der Waals surface area contributed by atoms with Gasteiger partial charge in [-0.2, -0.15) is 8.42 Å². The Hall–Kier alpha value is -3.59. The number of hydrogen-bond acceptors (Lipinski definition) is 7. The third kappa shape index (κ3) is 4.95. The van der Waals surface area contributed by atoms with Gasteiger partial charge < -0.3 is 10.6 Å². The van der Waals surface area contributed by atoms with E-state index in [2.05, 4.69) is 24.7 Å². The first kappa shape index (κ1) is 26.0. The van der Waals surface area contributed by atoms with Crippen molar-refractivity contribution in [1.29, 1.82) is 0 Å². The molecule has 38 heavy (non-hydrogen) atoms. The number of rotatable bonds is 4. The van der Waals surface area contributed by atoms with Crippen LogP contribution in [0.5, 0.6) is 0 Å². The number of fused-ring (bicyclic) bond motifs is 2. The molecular formula is C23H18ClFN6O4S3. The lowest BCUT2D eigenvalue weighted by Gasteiger charge is -2.17. The SMILES string of the molecule is C/C=S(/NC(=O)Nc1ccc(-n2cnc3cc4c(cc3c2=O)S(=O)(=O)N=C(C)N4)c(F)c1)c1ccc(Cl)s1. The number of hydrogen-bond donors (Lipinski definition) is 3. The Balaban J connectivity index is 1.43. The number of anilines is 2. The minimum atomic E-state index is -4.01. The van der Waals surface area contributed by atoms with E-state index in [0.717, 1.165) is 21.2 Å². The van der Waals surface area contributed by atoms with Crippen LogP contribution in [0.25, 0.3) is 16.6 Å². The highest BCUT2D eigenvalue weighted by molar-refractivity contribution is 8.15. The van der Waals surface area contributed by atoms with E-state index < -0.39 is 38.1 Å². The fourth-order valence-electron chi connectivity index (χ4n) is 3.76. The summed E-state index contributed by atoms with van der Waals surface area (Å²) in [4.78, 5) is 29.8. The zero-order valence-electron chi connectivity index (χ0n) is 19.7. The first-order valence-corrected chi connectivity index (χ1v) is 14.8. The first-order chi connectivity index (χ1) is 18.1. The molecule has 0 fully saturated rings. The third-order valence-electron chi connectivity index (χ3n) is 5.38. The van der Waals surface area contributed by atoms with Crippen LogP contribution in [0.3, 0.4) is 0 Å². The molecule has 1 aliphatic rings. The number of sulfonamides is 1. The van der Waals surface area contributed by atoms with E-state index in [-0.39, 0.29) is 38.7 Å². The molecule has 15 heteroatoms. The quantitative estimate of drug-likeness (QED) is 0.287. The summed E-state index contributed by atoms with van der Waals surface area (Å²) in [5, 5.41) is 7.21. The van der Waals surface area contributed by atoms with Crippen LogP contribution in [0.4, 0.5) is 20.6 Å². The standard InChI is InChI=1S/C23H18ClFN6O4S3/c1-3-37(21-7-6-20(24)36-21)29-23(33)28-13-4-5-18(15(25)8-13)31-11-26-16-10-17-19(9-14(16)22(31)32)38(34,35)30-12(2)27-17/h3-11H,1-2H3,(H,27,30)(H2,28,29,33). The van der Waals surface area contributed by atoms with E-state index in [1.54, 1.807) is 13.0 Å². The zero-order chi connectivity index (χ0) is 27.2. The number of nitrogens with one attached hydrogen (secondary N) is 3. The van der Waals surface area contributed by atoms with Crippen molar-refractivity contribution in [3.8, 4) is 5.69 Å². The van der Waals surface area contributed by atoms with E-state index in [1.807, 2.05) is 11.4 Å². The molecule has 196 valence electrons. The Morgan fingerprint density at radius 2 is 2.03 bits per heavy atom. The topological polar surface area (TPSA) is 135 Å². The number of urea groups is 1. The Labute approximate surface area is 227 Å². The van der Waals surface area contributed by atoms with Gasteiger partial charge in [-0.25, -0.2) is 14.2 Å². The summed E-state index contributed by atoms with van der Waals surface area (Å²) in [7, 11) is -4.71. The van der Waals surface area contributed by atoms with Crippen molar-refractivity contribution < 1.29 is 17.6 Å². The Morgan fingerprint density at radius 1 is 1.24 bits per heavy atom. The lowest BCUT2D eigenvalue weighted by atomic mass is 10.2. The summed E-state index contributed by atoms with van der Waals surface area (Å²) >= 11 is 7.32. The Kier molecular flexibility index (Phi) is 6.81. The van der Waals surface area contributed by atoms with Crippen LogP contribution in [0, 0.1) is 5.82 Å². The second-order valence-electron chi connectivity index (χ2n) is 7.92. The molecular weight excluding hydrogens is 575 g/mol. The van der Waals surface area contributed by atoms with Crippen molar-refractivity contribution >= 4 is 83.1 Å². The van der Waals surface area contributed by atoms with Gasteiger partial charge in [0.15, 0.2) is 0 Å². The molecule has 2 aromatic heterocycles. The highest BCUT2D eigenvalue weighted by Crippen LogP contribution is 2.33. The average molecular weight is 593 g/mol. The molecule has 2 amide bonds. The van der Waals surface area contributed by atoms with E-state index in [0.29, 0.717) is 4.34 Å². The molecule has 2 aromatic carbocycles. The van der Waals surface area contributed by atoms with Crippen molar-refractivity contribution in [3.63, 3.8) is 0 Å². The fourth-order valence-corrected chi connectivity index (χ4v) is 7.79. The molecule has 0 saturated heterocycles. The summed E-state index contributed by atoms with van der Waals surface area (Å²) in [5.74, 6) is -0.612. The minimum absolute atomic E-state index is 0.0242. The van der Waals surface area contributed by atoms with Crippen LogP contribution in [0.15, 0.2) is 67.1 Å². The number of carbonyl (C=O) groups is 1. The van der Waals surface area contributed by atoms with Crippen LogP contribution < -0.4 is 20.9 Å². The minimum Gasteiger partial charge on any atom is -0.342 e. The molecule has 1 unspecified atom stereocenters. The molecule has 0 bridgehead atoms. The van der Waals surface area contributed by atoms with Gasteiger partial charge >= 0.3 is 6.03 Å². The third-order valence-corrected chi connectivity index (χ3v) is 10.0. The Morgan fingerprint density at radius 3 is 2.71 bits per heavy atom. The van der Waals surface area contributed by atoms with Gasteiger partial charge in [0.2, 0.25) is 0 Å². The maximum atomic E-state index is 15.1. The van der Waals surface area contributed by atoms with Gasteiger partial charge in [-0.15, -0.1) is 15.7 Å². The average Bonchev–Trinajstić information content (AvgIpc) is 3.28. The van der Waals surface area contributed by atoms with Gasteiger partial charge in [-0.05, 0) is 61.7 Å². The van der Waals surface area contributed by atoms with Crippen LogP contribution in [0.1, 0.15) is 13.8 Å². The normalized spacial score (nSPS) is 14.9. The number of amidine groups is 1. The predicted octanol–water partition coefficient (Wildman–Crippen LogP) is 4.96. The number of thiophene rings is 1. The molecule has 1 atom stereocenters. The number of amides is 2. The second-order valence-corrected chi connectivity index (χ2v) is 13.3. The lowest BCUT2D eigenvalue weighted by Crippen LogP contribution is -2.25. The summed E-state index contributed by atoms with van der Waals surface area (Å²) in [6.07, 6.45) is 1.16. The maximum absolute atomic E-state index is 15.1. The molecule has 5 rings (SSSR count). The van der Waals surface area contributed by atoms with Crippen molar-refractivity contribution in [1.82, 2.24) is 14.3 Å². The molecule has 0 spiro atoms. The van der Waals surface area contributed by atoms with Crippen LogP contribution in [-0.4, -0.2) is 35.2 Å². The summed E-state index contributed by atoms with van der Waals surface area (Å²) in [5.41, 5.74) is -0.159. The predicted molar refractivity (Wildman–Crippen MR) is 150 cm³/mol. The second kappa shape index (κ2) is 9.94. The summed E-state index contributed by atoms with van der Waals surface area (Å²) < 4.78 is 48.9. The summed E-state index contributed by atoms with van der Waals surface area (Å²) in [6.45, 7) is 3.30. The lowest BCUT2D eigenvalue weighted by molar-refractivity contribution is 0.257. The smallest absolute Gasteiger partial charge is 0.329 e. The molecule has 1 aliphatic heterocycles. The van der Waals surface area contributed by atoms with Gasteiger partial charge in [0, 0.05) is 5.69 Å². The van der Waals surface area contributed by atoms with E-state index >= 15 is 4.39 Å². The molecule has 0 aliphatic carbocycles. The number of nitrogens with zero attached hydrogens (tertiary/aromatic N) is 3. The molecule has 0 saturated carbocycles. The number of aromatic nitrogens is 2. The largest absolute Gasteiger partial charge is 0.342 e. The molecule has 4 aromatic rings. The summed E-state index contributed by atoms with van der Waals surface area (Å²) in [6, 6.07) is 9.43. The van der Waals surface area contributed by atoms with Gasteiger partial charge in [0.05, 0.1) is 30.8 Å². The van der Waals surface area contributed by atoms with Crippen LogP contribution in [-0.2, 0) is 10.0 Å². The van der Waals surface area contributed by atoms with E-state index in [1.165, 1.54) is 42.5 Å². The van der Waals surface area contributed by atoms with Gasteiger partial charge in [-0.3, -0.25) is 14.1 Å². The fraction of sp³-hybridized carbons (Fsp3) is 0.0870. The highest BCUT2D eigenvalue weighted by atomic mass is 35.5. The highest BCUT2D eigenvalue weighted by Gasteiger charge is 2.25. The Bertz CT molecular complexity index is 1870. The molecule has 10 nitrogen and oxygen atoms in total. The number of benzene rings is 2. The van der Waals surface area contributed by atoms with Crippen LogP contribution in [0.2, 0.25) is 4.34 Å². The van der Waals surface area contributed by atoms with Gasteiger partial charge in [-0.1, -0.05) is 22.3 Å². The van der Waals surface area contributed by atoms with Crippen LogP contribution >= 0.6 is 33.6 Å². The number of carbonyl (C=O) groups excluding carboxylic acids is 1. The molecule has 3 heterocycles. The monoisotopic (exact) mass is 592 g/mol. The molecule has 0 radical (unpaired) electrons. The van der Waals surface area contributed by atoms with E-state index in [9.17, 15) is 18.0 Å². The maximum Gasteiger partial charge on any atom is 0.329 e. The van der Waals surface area contributed by atoms with Gasteiger partial charge in [0.1, 0.15) is 22.9 Å². The first-order valence-electron chi connectivity index (χ1n) is 10.9. The van der Waals surface area contributed by atoms with Gasteiger partial charge in [0.25, 0.3) is 15.6 Å². The van der Waals surface area contributed by atoms with Crippen molar-refractivity contribution in [2.75, 3.05) is 10.6 Å². The number of halogens is 2. The van der Waals surface area contributed by atoms with E-state index in [4.69, 9.17) is 11.6 Å². The van der Waals surface area contributed by atoms with Crippen molar-refractivity contribution in [2.24, 2.45) is 4.40 Å². The molecule has 3 N–H and O–H groups in total. The van der Waals surface area contributed by atoms with Crippen molar-refractivity contribution in [3.05, 3.63) is 69.3 Å². The van der Waals surface area contributed by atoms with Crippen molar-refractivity contribution in [2.45, 2.75) is 23.0 Å². The zero-order valence-corrected chi connectivity index (χ0v) is 22.9.